The van der Waals surface area contributed by atoms with Crippen LogP contribution in [0.15, 0.2) is 228 Å². The van der Waals surface area contributed by atoms with Gasteiger partial charge in [0.15, 0.2) is 6.23 Å². The lowest BCUT2D eigenvalue weighted by Crippen LogP contribution is -2.47. The average Bonchev–Trinajstić information content (AvgIpc) is 3.67. The average molecular weight is 897 g/mol. The Kier molecular flexibility index (Phi) is 12.9. The zero-order chi connectivity index (χ0) is 45.6. The van der Waals surface area contributed by atoms with Crippen LogP contribution in [0.5, 0.6) is 0 Å². The van der Waals surface area contributed by atoms with Gasteiger partial charge in [-0.3, -0.25) is 18.5 Å². The van der Waals surface area contributed by atoms with E-state index in [4.69, 9.17) is 18.4 Å². The molecule has 1 N–H and O–H groups in total. The minimum Gasteiger partial charge on any atom is -0.358 e. The van der Waals surface area contributed by atoms with Crippen molar-refractivity contribution in [2.24, 2.45) is 0 Å². The van der Waals surface area contributed by atoms with Crippen molar-refractivity contribution in [2.75, 3.05) is 12.9 Å². The van der Waals surface area contributed by atoms with Crippen LogP contribution in [-0.2, 0) is 46.1 Å². The molecule has 1 aromatic heterocycles. The predicted octanol–water partition coefficient (Wildman–Crippen LogP) is 8.76. The minimum absolute atomic E-state index is 0.195. The summed E-state index contributed by atoms with van der Waals surface area (Å²) in [5.74, 6) is 0. The van der Waals surface area contributed by atoms with Gasteiger partial charge in [-0.25, -0.2) is 4.79 Å². The Morgan fingerprint density at radius 1 is 0.545 bits per heavy atom. The number of hydrogen-bond donors (Lipinski definition) is 1. The maximum Gasteiger partial charge on any atom is 0.330 e. The second-order valence-electron chi connectivity index (χ2n) is 16.3. The van der Waals surface area contributed by atoms with Crippen molar-refractivity contribution < 1.29 is 26.8 Å². The number of nitrogens with zero attached hydrogens (tertiary/aromatic N) is 1. The summed E-state index contributed by atoms with van der Waals surface area (Å²) in [5.41, 5.74) is 1.67. The fourth-order valence-electron chi connectivity index (χ4n) is 9.07. The molecule has 1 aliphatic rings. The van der Waals surface area contributed by atoms with E-state index >= 15 is 0 Å². The van der Waals surface area contributed by atoms with Gasteiger partial charge in [-0.05, 0) is 38.9 Å². The molecule has 332 valence electrons. The molecule has 8 aromatic rings. The van der Waals surface area contributed by atoms with Crippen LogP contribution >= 0.6 is 0 Å². The molecule has 0 aliphatic carbocycles. The molecule has 1 saturated heterocycles. The van der Waals surface area contributed by atoms with Gasteiger partial charge >= 0.3 is 5.69 Å². The van der Waals surface area contributed by atoms with Gasteiger partial charge in [0.2, 0.25) is 0 Å². The normalized spacial score (nSPS) is 17.7. The van der Waals surface area contributed by atoms with E-state index in [1.807, 2.05) is 212 Å². The largest absolute Gasteiger partial charge is 0.358 e. The maximum atomic E-state index is 14.3. The first kappa shape index (κ1) is 44.2. The molecule has 7 aromatic carbocycles. The fourth-order valence-corrected chi connectivity index (χ4v) is 9.71. The van der Waals surface area contributed by atoms with E-state index < -0.39 is 57.1 Å². The summed E-state index contributed by atoms with van der Waals surface area (Å²) >= 11 is 0. The molecule has 9 rings (SSSR count). The number of benzene rings is 7. The van der Waals surface area contributed by atoms with Crippen molar-refractivity contribution in [3.63, 3.8) is 0 Å². The van der Waals surface area contributed by atoms with E-state index in [9.17, 15) is 18.0 Å². The van der Waals surface area contributed by atoms with Crippen LogP contribution in [0.3, 0.4) is 0 Å². The van der Waals surface area contributed by atoms with Crippen molar-refractivity contribution in [3.8, 4) is 0 Å². The van der Waals surface area contributed by atoms with Crippen LogP contribution in [0, 0.1) is 0 Å². The SMILES string of the molecule is CS(=O)(=O)O[C@H]1[C@@H](OC(c2ccccc2)(c2ccccc2)c2ccccc2)[C@H](n2cc(Cc3ccccc3)c(=O)[nH]c2=O)O[C@@H]1COC(c1ccccc1)(c1ccccc1)c1ccccc1. The van der Waals surface area contributed by atoms with Crippen molar-refractivity contribution in [2.45, 2.75) is 42.2 Å². The van der Waals surface area contributed by atoms with Gasteiger partial charge in [-0.1, -0.05) is 212 Å². The van der Waals surface area contributed by atoms with Gasteiger partial charge in [0.1, 0.15) is 29.5 Å². The molecule has 11 heteroatoms. The van der Waals surface area contributed by atoms with Crippen LogP contribution in [0.1, 0.15) is 50.7 Å². The highest BCUT2D eigenvalue weighted by Gasteiger charge is 2.55. The standard InChI is InChI=1S/C55H48N2O8S/c1-66(60,61)65-49-48(39-62-54(42-25-11-3-12-26-42,43-27-13-4-14-28-43)44-29-15-5-16-30-44)63-52(57-38-41(51(58)56-53(57)59)37-40-23-9-2-10-24-40)50(49)64-55(45-31-17-6-18-32-45,46-33-19-7-20-34-46)47-35-21-8-22-36-47/h2-36,38,48-50,52H,37,39H2,1H3,(H,56,58,59)/t48-,49-,50-,52-/m1/s1. The van der Waals surface area contributed by atoms with Crippen molar-refractivity contribution in [1.29, 1.82) is 0 Å². The second kappa shape index (κ2) is 19.2. The molecule has 10 nitrogen and oxygen atoms in total. The van der Waals surface area contributed by atoms with Crippen molar-refractivity contribution >= 4 is 10.1 Å². The Morgan fingerprint density at radius 3 is 1.32 bits per heavy atom. The Morgan fingerprint density at radius 2 is 0.924 bits per heavy atom. The summed E-state index contributed by atoms with van der Waals surface area (Å²) in [6, 6.07) is 67.5. The number of aromatic nitrogens is 2. The van der Waals surface area contributed by atoms with Gasteiger partial charge in [-0.2, -0.15) is 8.42 Å². The number of H-pyrrole nitrogens is 1. The fraction of sp³-hybridized carbons (Fsp3) is 0.164. The van der Waals surface area contributed by atoms with E-state index in [0.717, 1.165) is 28.5 Å². The van der Waals surface area contributed by atoms with Gasteiger partial charge in [0.25, 0.3) is 15.7 Å². The lowest BCUT2D eigenvalue weighted by atomic mass is 9.79. The van der Waals surface area contributed by atoms with E-state index in [1.165, 1.54) is 10.8 Å². The number of nitrogens with one attached hydrogen (secondary N) is 1. The van der Waals surface area contributed by atoms with Gasteiger partial charge in [-0.15, -0.1) is 0 Å². The lowest BCUT2D eigenvalue weighted by Gasteiger charge is -2.40. The molecule has 0 bridgehead atoms. The molecule has 0 radical (unpaired) electrons. The van der Waals surface area contributed by atoms with Crippen LogP contribution in [0.25, 0.3) is 0 Å². The number of hydrogen-bond acceptors (Lipinski definition) is 8. The smallest absolute Gasteiger partial charge is 0.330 e. The lowest BCUT2D eigenvalue weighted by molar-refractivity contribution is -0.123. The minimum atomic E-state index is -4.27. The predicted molar refractivity (Wildman–Crippen MR) is 253 cm³/mol. The molecular weight excluding hydrogens is 849 g/mol. The van der Waals surface area contributed by atoms with E-state index in [2.05, 4.69) is 4.98 Å². The monoisotopic (exact) mass is 896 g/mol. The van der Waals surface area contributed by atoms with E-state index in [1.54, 1.807) is 0 Å². The highest BCUT2D eigenvalue weighted by atomic mass is 32.2. The summed E-state index contributed by atoms with van der Waals surface area (Å²) in [6.45, 7) is -0.251. The Hall–Kier alpha value is -6.99. The van der Waals surface area contributed by atoms with E-state index in [0.29, 0.717) is 16.7 Å². The molecule has 2 heterocycles. The summed E-state index contributed by atoms with van der Waals surface area (Å²) < 4.78 is 56.6. The van der Waals surface area contributed by atoms with Gasteiger partial charge in [0, 0.05) is 18.2 Å². The zero-order valence-electron chi connectivity index (χ0n) is 36.1. The van der Waals surface area contributed by atoms with Gasteiger partial charge < -0.3 is 14.2 Å². The molecule has 0 unspecified atom stereocenters. The van der Waals surface area contributed by atoms with Crippen LogP contribution < -0.4 is 11.2 Å². The summed E-state index contributed by atoms with van der Waals surface area (Å²) in [6.07, 6.45) is -2.71. The Bertz CT molecular complexity index is 2870. The third-order valence-corrected chi connectivity index (χ3v) is 12.6. The van der Waals surface area contributed by atoms with Crippen LogP contribution in [-0.4, -0.2) is 49.1 Å². The highest BCUT2D eigenvalue weighted by Crippen LogP contribution is 2.47. The Balaban J connectivity index is 1.25. The Labute approximate surface area is 383 Å². The van der Waals surface area contributed by atoms with Crippen LogP contribution in [0.2, 0.25) is 0 Å². The highest BCUT2D eigenvalue weighted by molar-refractivity contribution is 7.86. The molecular formula is C55H48N2O8S. The topological polar surface area (TPSA) is 126 Å². The molecule has 0 amide bonds. The third-order valence-electron chi connectivity index (χ3n) is 12.0. The van der Waals surface area contributed by atoms with Crippen molar-refractivity contribution in [1.82, 2.24) is 9.55 Å². The summed E-state index contributed by atoms with van der Waals surface area (Å²) in [4.78, 5) is 30.4. The number of ether oxygens (including phenoxy) is 3. The third kappa shape index (κ3) is 8.99. The second-order valence-corrected chi connectivity index (χ2v) is 17.9. The van der Waals surface area contributed by atoms with E-state index in [-0.39, 0.29) is 18.6 Å². The zero-order valence-corrected chi connectivity index (χ0v) is 36.9. The number of rotatable bonds is 16. The summed E-state index contributed by atoms with van der Waals surface area (Å²) in [7, 11) is -4.27. The molecule has 1 aliphatic heterocycles. The van der Waals surface area contributed by atoms with Crippen LogP contribution in [0.4, 0.5) is 0 Å². The summed E-state index contributed by atoms with van der Waals surface area (Å²) in [5, 5.41) is 0. The molecule has 66 heavy (non-hydrogen) atoms. The van der Waals surface area contributed by atoms with Gasteiger partial charge in [0.05, 0.1) is 12.9 Å². The molecule has 0 saturated carbocycles. The quantitative estimate of drug-likeness (QED) is 0.0755. The van der Waals surface area contributed by atoms with Crippen molar-refractivity contribution in [3.05, 3.63) is 284 Å². The molecule has 1 fully saturated rings. The molecule has 4 atom stereocenters. The first-order valence-corrected chi connectivity index (χ1v) is 23.5. The first-order valence-electron chi connectivity index (χ1n) is 21.7. The maximum absolute atomic E-state index is 14.3. The first-order chi connectivity index (χ1) is 32.2. The number of aromatic amines is 1. The molecule has 0 spiro atoms.